The minimum atomic E-state index is -0.295. The van der Waals surface area contributed by atoms with E-state index in [2.05, 4.69) is 20.6 Å². The van der Waals surface area contributed by atoms with E-state index in [1.165, 1.54) is 6.33 Å². The van der Waals surface area contributed by atoms with Gasteiger partial charge in [-0.15, -0.1) is 11.3 Å². The van der Waals surface area contributed by atoms with Gasteiger partial charge in [-0.1, -0.05) is 29.8 Å². The number of methoxy groups -OCH3 is 1. The van der Waals surface area contributed by atoms with Crippen LogP contribution >= 0.6 is 11.3 Å². The standard InChI is InChI=1S/C23H23N5O2S/c1-14-3-7-16(8-4-14)27-23(29)28-17-9-5-15(6-10-17)19-18(11-12-30-2)31-22-20(19)21(24)25-13-26-22/h3-10,13H,11-12H2,1-2H3,(H2,24,25,26)(H2,27,28,29). The van der Waals surface area contributed by atoms with Crippen LogP contribution in [0.5, 0.6) is 0 Å². The summed E-state index contributed by atoms with van der Waals surface area (Å²) in [6.07, 6.45) is 2.24. The van der Waals surface area contributed by atoms with Crippen molar-refractivity contribution < 1.29 is 9.53 Å². The molecule has 0 saturated heterocycles. The lowest BCUT2D eigenvalue weighted by Gasteiger charge is -2.10. The molecule has 31 heavy (non-hydrogen) atoms. The fraction of sp³-hybridized carbons (Fsp3) is 0.174. The van der Waals surface area contributed by atoms with Crippen molar-refractivity contribution in [2.75, 3.05) is 30.1 Å². The van der Waals surface area contributed by atoms with E-state index in [-0.39, 0.29) is 6.03 Å². The molecule has 158 valence electrons. The second kappa shape index (κ2) is 9.11. The number of carbonyl (C=O) groups is 1. The monoisotopic (exact) mass is 433 g/mol. The van der Waals surface area contributed by atoms with E-state index in [0.717, 1.165) is 43.9 Å². The smallest absolute Gasteiger partial charge is 0.323 e. The number of thiophene rings is 1. The molecule has 0 aliphatic heterocycles. The SMILES string of the molecule is COCCc1sc2ncnc(N)c2c1-c1ccc(NC(=O)Nc2ccc(C)cc2)cc1. The molecule has 0 fully saturated rings. The number of anilines is 3. The second-order valence-electron chi connectivity index (χ2n) is 7.10. The second-order valence-corrected chi connectivity index (χ2v) is 8.19. The van der Waals surface area contributed by atoms with Crippen LogP contribution in [0.1, 0.15) is 10.4 Å². The molecule has 2 heterocycles. The van der Waals surface area contributed by atoms with Crippen LogP contribution in [0.4, 0.5) is 22.0 Å². The maximum Gasteiger partial charge on any atom is 0.323 e. The van der Waals surface area contributed by atoms with Crippen molar-refractivity contribution in [1.29, 1.82) is 0 Å². The van der Waals surface area contributed by atoms with E-state index in [4.69, 9.17) is 10.5 Å². The summed E-state index contributed by atoms with van der Waals surface area (Å²) in [7, 11) is 1.68. The molecule has 2 aromatic carbocycles. The Hall–Kier alpha value is -3.49. The van der Waals surface area contributed by atoms with Gasteiger partial charge in [-0.2, -0.15) is 0 Å². The van der Waals surface area contributed by atoms with Crippen LogP contribution in [0.2, 0.25) is 0 Å². The number of carbonyl (C=O) groups excluding carboxylic acids is 1. The lowest BCUT2D eigenvalue weighted by atomic mass is 10.0. The first-order valence-corrected chi connectivity index (χ1v) is 10.6. The summed E-state index contributed by atoms with van der Waals surface area (Å²) in [6.45, 7) is 2.61. The van der Waals surface area contributed by atoms with Gasteiger partial charge in [0.1, 0.15) is 17.0 Å². The number of hydrogen-bond acceptors (Lipinski definition) is 6. The summed E-state index contributed by atoms with van der Waals surface area (Å²) < 4.78 is 5.27. The van der Waals surface area contributed by atoms with E-state index in [1.54, 1.807) is 18.4 Å². The van der Waals surface area contributed by atoms with Crippen molar-refractivity contribution in [3.8, 4) is 11.1 Å². The Kier molecular flexibility index (Phi) is 6.11. The first kappa shape index (κ1) is 20.8. The molecule has 4 aromatic rings. The molecule has 2 aromatic heterocycles. The number of hydrogen-bond donors (Lipinski definition) is 3. The van der Waals surface area contributed by atoms with Crippen LogP contribution in [0.25, 0.3) is 21.3 Å². The topological polar surface area (TPSA) is 102 Å². The highest BCUT2D eigenvalue weighted by atomic mass is 32.1. The highest BCUT2D eigenvalue weighted by Gasteiger charge is 2.18. The predicted octanol–water partition coefficient (Wildman–Crippen LogP) is 5.08. The van der Waals surface area contributed by atoms with Crippen molar-refractivity contribution in [3.63, 3.8) is 0 Å². The van der Waals surface area contributed by atoms with E-state index in [0.29, 0.717) is 18.1 Å². The minimum absolute atomic E-state index is 0.295. The van der Waals surface area contributed by atoms with Crippen molar-refractivity contribution in [2.45, 2.75) is 13.3 Å². The van der Waals surface area contributed by atoms with Gasteiger partial charge in [-0.3, -0.25) is 0 Å². The van der Waals surface area contributed by atoms with Crippen LogP contribution < -0.4 is 16.4 Å². The number of nitrogens with zero attached hydrogens (tertiary/aromatic N) is 2. The zero-order chi connectivity index (χ0) is 21.8. The molecule has 8 heteroatoms. The first-order valence-electron chi connectivity index (χ1n) is 9.81. The molecule has 0 aliphatic carbocycles. The van der Waals surface area contributed by atoms with Gasteiger partial charge in [0, 0.05) is 35.3 Å². The van der Waals surface area contributed by atoms with Crippen molar-refractivity contribution in [2.24, 2.45) is 0 Å². The molecule has 7 nitrogen and oxygen atoms in total. The van der Waals surface area contributed by atoms with Gasteiger partial charge in [0.2, 0.25) is 0 Å². The summed E-state index contributed by atoms with van der Waals surface area (Å²) in [4.78, 5) is 22.8. The fourth-order valence-corrected chi connectivity index (χ4v) is 4.48. The molecule has 0 aliphatic rings. The van der Waals surface area contributed by atoms with E-state index < -0.39 is 0 Å². The third-order valence-electron chi connectivity index (χ3n) is 4.86. The number of nitrogens with two attached hydrogens (primary N) is 1. The number of amides is 2. The van der Waals surface area contributed by atoms with Gasteiger partial charge in [-0.05, 0) is 36.8 Å². The Morgan fingerprint density at radius 2 is 1.68 bits per heavy atom. The average molecular weight is 434 g/mol. The maximum atomic E-state index is 12.3. The molecular formula is C23H23N5O2S. The molecule has 0 unspecified atom stereocenters. The van der Waals surface area contributed by atoms with Gasteiger partial charge in [0.05, 0.1) is 12.0 Å². The lowest BCUT2D eigenvalue weighted by Crippen LogP contribution is -2.19. The fourth-order valence-electron chi connectivity index (χ4n) is 3.33. The average Bonchev–Trinajstić information content (AvgIpc) is 3.14. The van der Waals surface area contributed by atoms with Gasteiger partial charge < -0.3 is 21.1 Å². The molecular weight excluding hydrogens is 410 g/mol. The number of nitrogens with one attached hydrogen (secondary N) is 2. The van der Waals surface area contributed by atoms with E-state index in [9.17, 15) is 4.79 Å². The Morgan fingerprint density at radius 3 is 2.32 bits per heavy atom. The number of aromatic nitrogens is 2. The van der Waals surface area contributed by atoms with Crippen LogP contribution in [0.3, 0.4) is 0 Å². The van der Waals surface area contributed by atoms with Gasteiger partial charge >= 0.3 is 6.03 Å². The molecule has 4 rings (SSSR count). The summed E-state index contributed by atoms with van der Waals surface area (Å²) in [6, 6.07) is 15.0. The molecule has 0 saturated carbocycles. The summed E-state index contributed by atoms with van der Waals surface area (Å²) in [5, 5.41) is 6.54. The van der Waals surface area contributed by atoms with Gasteiger partial charge in [-0.25, -0.2) is 14.8 Å². The van der Waals surface area contributed by atoms with Gasteiger partial charge in [0.15, 0.2) is 0 Å². The number of rotatable bonds is 6. The number of fused-ring (bicyclic) bond motifs is 1. The van der Waals surface area contributed by atoms with Crippen LogP contribution in [0, 0.1) is 6.92 Å². The minimum Gasteiger partial charge on any atom is -0.384 e. The highest BCUT2D eigenvalue weighted by molar-refractivity contribution is 7.19. The van der Waals surface area contributed by atoms with E-state index in [1.807, 2.05) is 55.5 Å². The summed E-state index contributed by atoms with van der Waals surface area (Å²) in [5.74, 6) is 0.458. The zero-order valence-electron chi connectivity index (χ0n) is 17.3. The van der Waals surface area contributed by atoms with Crippen molar-refractivity contribution in [3.05, 3.63) is 65.3 Å². The number of ether oxygens (including phenoxy) is 1. The zero-order valence-corrected chi connectivity index (χ0v) is 18.1. The number of aryl methyl sites for hydroxylation is 1. The van der Waals surface area contributed by atoms with E-state index >= 15 is 0 Å². The van der Waals surface area contributed by atoms with Crippen molar-refractivity contribution in [1.82, 2.24) is 9.97 Å². The predicted molar refractivity (Wildman–Crippen MR) is 127 cm³/mol. The molecule has 0 atom stereocenters. The number of urea groups is 1. The molecule has 0 spiro atoms. The van der Waals surface area contributed by atoms with Crippen LogP contribution in [-0.4, -0.2) is 29.7 Å². The Balaban J connectivity index is 1.57. The number of benzene rings is 2. The number of nitrogen functional groups attached to an aromatic ring is 1. The summed E-state index contributed by atoms with van der Waals surface area (Å²) >= 11 is 1.60. The van der Waals surface area contributed by atoms with Crippen LogP contribution in [-0.2, 0) is 11.2 Å². The largest absolute Gasteiger partial charge is 0.384 e. The maximum absolute atomic E-state index is 12.3. The third-order valence-corrected chi connectivity index (χ3v) is 6.02. The molecule has 4 N–H and O–H groups in total. The quantitative estimate of drug-likeness (QED) is 0.393. The normalized spacial score (nSPS) is 10.9. The van der Waals surface area contributed by atoms with Gasteiger partial charge in [0.25, 0.3) is 0 Å². The molecule has 0 bridgehead atoms. The van der Waals surface area contributed by atoms with Crippen molar-refractivity contribution >= 4 is 44.8 Å². The third kappa shape index (κ3) is 4.65. The first-order chi connectivity index (χ1) is 15.0. The lowest BCUT2D eigenvalue weighted by molar-refractivity contribution is 0.203. The molecule has 2 amide bonds. The highest BCUT2D eigenvalue weighted by Crippen LogP contribution is 2.40. The Bertz CT molecular complexity index is 1200. The molecule has 0 radical (unpaired) electrons. The summed E-state index contributed by atoms with van der Waals surface area (Å²) in [5.41, 5.74) is 10.7. The Labute approximate surface area is 184 Å². The Morgan fingerprint density at radius 1 is 1.03 bits per heavy atom. The van der Waals surface area contributed by atoms with Crippen LogP contribution in [0.15, 0.2) is 54.9 Å².